The molecule has 1 aromatic heterocycles. The van der Waals surface area contributed by atoms with Crippen LogP contribution in [0.1, 0.15) is 15.9 Å². The van der Waals surface area contributed by atoms with Gasteiger partial charge in [0.15, 0.2) is 4.34 Å². The number of carbonyl (C=O) groups excluding carboxylic acids is 1. The van der Waals surface area contributed by atoms with Gasteiger partial charge in [0.2, 0.25) is 5.13 Å². The molecule has 6 nitrogen and oxygen atoms in total. The number of hydrogen-bond donors (Lipinski definition) is 1. The van der Waals surface area contributed by atoms with Gasteiger partial charge in [0.25, 0.3) is 5.91 Å². The summed E-state index contributed by atoms with van der Waals surface area (Å²) >= 11 is 15.1. The molecule has 28 heavy (non-hydrogen) atoms. The van der Waals surface area contributed by atoms with Crippen molar-refractivity contribution in [2.24, 2.45) is 0 Å². The molecule has 1 amide bonds. The molecule has 0 fully saturated rings. The summed E-state index contributed by atoms with van der Waals surface area (Å²) in [7, 11) is 3.05. The largest absolute Gasteiger partial charge is 0.497 e. The number of methoxy groups -OCH3 is 2. The number of benzene rings is 2. The number of nitrogens with zero attached hydrogens (tertiary/aromatic N) is 2. The minimum atomic E-state index is -0.334. The average molecular weight is 456 g/mol. The number of hydrogen-bond acceptors (Lipinski definition) is 7. The first-order valence-corrected chi connectivity index (χ1v) is 10.5. The SMILES string of the molecule is COc1cc(OC)cc(C(=O)Nc2nnc(SCc3c(Cl)cccc3Cl)s2)c1. The number of halogens is 2. The molecule has 10 heteroatoms. The zero-order chi connectivity index (χ0) is 20.1. The molecule has 0 saturated heterocycles. The maximum atomic E-state index is 12.5. The Kier molecular flexibility index (Phi) is 7.01. The van der Waals surface area contributed by atoms with E-state index in [1.165, 1.54) is 37.3 Å². The Labute approximate surface area is 180 Å². The van der Waals surface area contributed by atoms with Crippen molar-refractivity contribution in [2.75, 3.05) is 19.5 Å². The molecule has 146 valence electrons. The third kappa shape index (κ3) is 5.08. The number of rotatable bonds is 7. The maximum Gasteiger partial charge on any atom is 0.257 e. The van der Waals surface area contributed by atoms with E-state index in [1.54, 1.807) is 36.4 Å². The van der Waals surface area contributed by atoms with Crippen molar-refractivity contribution in [3.8, 4) is 11.5 Å². The van der Waals surface area contributed by atoms with E-state index in [0.29, 0.717) is 42.3 Å². The lowest BCUT2D eigenvalue weighted by atomic mass is 10.2. The van der Waals surface area contributed by atoms with E-state index >= 15 is 0 Å². The van der Waals surface area contributed by atoms with E-state index in [4.69, 9.17) is 32.7 Å². The fraction of sp³-hybridized carbons (Fsp3) is 0.167. The molecular formula is C18H15Cl2N3O3S2. The molecule has 3 aromatic rings. The molecule has 0 aliphatic heterocycles. The van der Waals surface area contributed by atoms with Gasteiger partial charge in [0.05, 0.1) is 14.2 Å². The molecule has 3 rings (SSSR count). The van der Waals surface area contributed by atoms with Crippen LogP contribution < -0.4 is 14.8 Å². The lowest BCUT2D eigenvalue weighted by Gasteiger charge is -2.07. The first kappa shape index (κ1) is 20.7. The molecule has 0 aliphatic rings. The second kappa shape index (κ2) is 9.47. The van der Waals surface area contributed by atoms with Gasteiger partial charge in [0, 0.05) is 27.4 Å². The Hall–Kier alpha value is -2.00. The number of aromatic nitrogens is 2. The first-order chi connectivity index (χ1) is 13.5. The van der Waals surface area contributed by atoms with E-state index in [2.05, 4.69) is 15.5 Å². The summed E-state index contributed by atoms with van der Waals surface area (Å²) < 4.78 is 11.1. The summed E-state index contributed by atoms with van der Waals surface area (Å²) in [6.45, 7) is 0. The summed E-state index contributed by atoms with van der Waals surface area (Å²) in [6, 6.07) is 10.3. The minimum absolute atomic E-state index is 0.334. The average Bonchev–Trinajstić information content (AvgIpc) is 3.14. The Bertz CT molecular complexity index is 955. The zero-order valence-electron chi connectivity index (χ0n) is 14.9. The van der Waals surface area contributed by atoms with Crippen LogP contribution in [0.25, 0.3) is 0 Å². The van der Waals surface area contributed by atoms with E-state index in [9.17, 15) is 4.79 Å². The fourth-order valence-corrected chi connectivity index (χ4v) is 4.72. The number of carbonyl (C=O) groups is 1. The Morgan fingerprint density at radius 2 is 1.75 bits per heavy atom. The predicted octanol–water partition coefficient (Wildman–Crippen LogP) is 5.41. The quantitative estimate of drug-likeness (QED) is 0.379. The molecule has 0 atom stereocenters. The number of nitrogens with one attached hydrogen (secondary N) is 1. The third-order valence-electron chi connectivity index (χ3n) is 3.64. The van der Waals surface area contributed by atoms with Crippen LogP contribution in [0, 0.1) is 0 Å². The molecule has 0 bridgehead atoms. The first-order valence-electron chi connectivity index (χ1n) is 7.93. The van der Waals surface area contributed by atoms with Crippen molar-refractivity contribution >= 4 is 57.3 Å². The van der Waals surface area contributed by atoms with Crippen LogP contribution in [0.15, 0.2) is 40.7 Å². The van der Waals surface area contributed by atoms with Gasteiger partial charge in [0.1, 0.15) is 11.5 Å². The van der Waals surface area contributed by atoms with Gasteiger partial charge in [-0.05, 0) is 29.8 Å². The van der Waals surface area contributed by atoms with Crippen molar-refractivity contribution < 1.29 is 14.3 Å². The lowest BCUT2D eigenvalue weighted by Crippen LogP contribution is -2.12. The molecule has 1 heterocycles. The molecule has 0 radical (unpaired) electrons. The molecule has 0 saturated carbocycles. The van der Waals surface area contributed by atoms with E-state index in [-0.39, 0.29) is 5.91 Å². The minimum Gasteiger partial charge on any atom is -0.497 e. The highest BCUT2D eigenvalue weighted by Gasteiger charge is 2.14. The Morgan fingerprint density at radius 3 is 2.36 bits per heavy atom. The molecule has 1 N–H and O–H groups in total. The van der Waals surface area contributed by atoms with Gasteiger partial charge < -0.3 is 9.47 Å². The number of anilines is 1. The highest BCUT2D eigenvalue weighted by molar-refractivity contribution is 8.00. The molecule has 0 aliphatic carbocycles. The summed E-state index contributed by atoms with van der Waals surface area (Å²) in [4.78, 5) is 12.5. The highest BCUT2D eigenvalue weighted by atomic mass is 35.5. The number of amides is 1. The van der Waals surface area contributed by atoms with Crippen molar-refractivity contribution in [3.63, 3.8) is 0 Å². The summed E-state index contributed by atoms with van der Waals surface area (Å²) in [5.41, 5.74) is 1.23. The van der Waals surface area contributed by atoms with E-state index in [1.807, 2.05) is 0 Å². The van der Waals surface area contributed by atoms with E-state index in [0.717, 1.165) is 5.56 Å². The van der Waals surface area contributed by atoms with Gasteiger partial charge in [-0.2, -0.15) is 0 Å². The Balaban J connectivity index is 1.67. The van der Waals surface area contributed by atoms with Crippen molar-refractivity contribution in [2.45, 2.75) is 10.1 Å². The van der Waals surface area contributed by atoms with Crippen LogP contribution >= 0.6 is 46.3 Å². The maximum absolute atomic E-state index is 12.5. The highest BCUT2D eigenvalue weighted by Crippen LogP contribution is 2.34. The van der Waals surface area contributed by atoms with Crippen LogP contribution in [-0.2, 0) is 5.75 Å². The van der Waals surface area contributed by atoms with Crippen molar-refractivity contribution in [1.82, 2.24) is 10.2 Å². The smallest absolute Gasteiger partial charge is 0.257 e. The lowest BCUT2D eigenvalue weighted by molar-refractivity contribution is 0.102. The Morgan fingerprint density at radius 1 is 1.11 bits per heavy atom. The summed E-state index contributed by atoms with van der Waals surface area (Å²) in [5.74, 6) is 1.26. The molecule has 0 spiro atoms. The normalized spacial score (nSPS) is 10.6. The summed E-state index contributed by atoms with van der Waals surface area (Å²) in [6.07, 6.45) is 0. The van der Waals surface area contributed by atoms with Gasteiger partial charge in [-0.25, -0.2) is 0 Å². The predicted molar refractivity (Wildman–Crippen MR) is 113 cm³/mol. The standard InChI is InChI=1S/C18H15Cl2N3O3S2/c1-25-11-6-10(7-12(8-11)26-2)16(24)21-17-22-23-18(28-17)27-9-13-14(19)4-3-5-15(13)20/h3-8H,9H2,1-2H3,(H,21,22,24). The van der Waals surface area contributed by atoms with Gasteiger partial charge in [-0.15, -0.1) is 10.2 Å². The number of ether oxygens (including phenoxy) is 2. The van der Waals surface area contributed by atoms with Crippen LogP contribution in [-0.4, -0.2) is 30.3 Å². The zero-order valence-corrected chi connectivity index (χ0v) is 18.0. The van der Waals surface area contributed by atoms with Gasteiger partial charge in [-0.3, -0.25) is 10.1 Å². The second-order valence-electron chi connectivity index (χ2n) is 5.42. The topological polar surface area (TPSA) is 73.3 Å². The summed E-state index contributed by atoms with van der Waals surface area (Å²) in [5, 5.41) is 12.4. The molecule has 0 unspecified atom stereocenters. The van der Waals surface area contributed by atoms with Crippen molar-refractivity contribution in [1.29, 1.82) is 0 Å². The second-order valence-corrected chi connectivity index (χ2v) is 8.43. The van der Waals surface area contributed by atoms with Crippen LogP contribution in [0.2, 0.25) is 10.0 Å². The fourth-order valence-electron chi connectivity index (χ4n) is 2.23. The van der Waals surface area contributed by atoms with Gasteiger partial charge >= 0.3 is 0 Å². The number of thioether (sulfide) groups is 1. The van der Waals surface area contributed by atoms with Crippen LogP contribution in [0.4, 0.5) is 5.13 Å². The monoisotopic (exact) mass is 455 g/mol. The van der Waals surface area contributed by atoms with Crippen LogP contribution in [0.5, 0.6) is 11.5 Å². The molecular weight excluding hydrogens is 441 g/mol. The van der Waals surface area contributed by atoms with Gasteiger partial charge in [-0.1, -0.05) is 52.4 Å². The third-order valence-corrected chi connectivity index (χ3v) is 6.35. The van der Waals surface area contributed by atoms with E-state index < -0.39 is 0 Å². The van der Waals surface area contributed by atoms with Crippen LogP contribution in [0.3, 0.4) is 0 Å². The molecule has 2 aromatic carbocycles. The van der Waals surface area contributed by atoms with Crippen molar-refractivity contribution in [3.05, 3.63) is 57.6 Å².